The summed E-state index contributed by atoms with van der Waals surface area (Å²) in [5, 5.41) is 6.55. The fraction of sp³-hybridized carbons (Fsp3) is 0.421. The Morgan fingerprint density at radius 3 is 2.54 bits per heavy atom. The molecule has 2 aromatic rings. The molecule has 5 nitrogen and oxygen atoms in total. The molecular weight excluding hydrogens is 446 g/mol. The summed E-state index contributed by atoms with van der Waals surface area (Å²) in [6.07, 6.45) is 1.70. The van der Waals surface area contributed by atoms with Crippen molar-refractivity contribution in [3.8, 4) is 0 Å². The van der Waals surface area contributed by atoms with Gasteiger partial charge in [-0.1, -0.05) is 26.0 Å². The van der Waals surface area contributed by atoms with Crippen molar-refractivity contribution in [1.29, 1.82) is 0 Å². The maximum atomic E-state index is 13.3. The van der Waals surface area contributed by atoms with Crippen LogP contribution in [0.4, 0.5) is 4.39 Å². The molecule has 7 heteroatoms. The first-order chi connectivity index (χ1) is 12.2. The summed E-state index contributed by atoms with van der Waals surface area (Å²) in [5.74, 6) is 1.37. The van der Waals surface area contributed by atoms with Gasteiger partial charge in [-0.05, 0) is 42.9 Å². The lowest BCUT2D eigenvalue weighted by atomic mass is 10.2. The summed E-state index contributed by atoms with van der Waals surface area (Å²) < 4.78 is 18.9. The average molecular weight is 474 g/mol. The van der Waals surface area contributed by atoms with E-state index in [0.29, 0.717) is 19.0 Å². The first-order valence-corrected chi connectivity index (χ1v) is 8.64. The van der Waals surface area contributed by atoms with E-state index < -0.39 is 0 Å². The first-order valence-electron chi connectivity index (χ1n) is 8.64. The van der Waals surface area contributed by atoms with Crippen molar-refractivity contribution in [2.24, 2.45) is 4.99 Å². The Balaban J connectivity index is 0.00000338. The van der Waals surface area contributed by atoms with E-state index in [4.69, 9.17) is 4.42 Å². The Hall–Kier alpha value is -1.61. The molecule has 0 aliphatic rings. The lowest BCUT2D eigenvalue weighted by Gasteiger charge is -2.28. The van der Waals surface area contributed by atoms with Crippen LogP contribution in [0.5, 0.6) is 0 Å². The van der Waals surface area contributed by atoms with E-state index in [2.05, 4.69) is 34.4 Å². The number of benzene rings is 1. The molecular formula is C19H28FIN4O. The van der Waals surface area contributed by atoms with Gasteiger partial charge in [0.05, 0.1) is 12.3 Å². The fourth-order valence-corrected chi connectivity index (χ4v) is 2.80. The van der Waals surface area contributed by atoms with E-state index in [9.17, 15) is 4.39 Å². The van der Waals surface area contributed by atoms with Crippen molar-refractivity contribution < 1.29 is 8.81 Å². The van der Waals surface area contributed by atoms with E-state index in [1.807, 2.05) is 18.2 Å². The number of likely N-dealkylation sites (N-methyl/N-ethyl adjacent to an activating group) is 1. The topological polar surface area (TPSA) is 52.8 Å². The maximum absolute atomic E-state index is 13.3. The van der Waals surface area contributed by atoms with Crippen LogP contribution in [0.3, 0.4) is 0 Å². The smallest absolute Gasteiger partial charge is 0.191 e. The van der Waals surface area contributed by atoms with Gasteiger partial charge in [-0.3, -0.25) is 9.89 Å². The molecule has 0 bridgehead atoms. The molecule has 0 saturated heterocycles. The van der Waals surface area contributed by atoms with Crippen LogP contribution in [0.25, 0.3) is 0 Å². The highest BCUT2D eigenvalue weighted by Gasteiger charge is 2.20. The Bertz CT molecular complexity index is 659. The summed E-state index contributed by atoms with van der Waals surface area (Å²) in [4.78, 5) is 6.57. The zero-order chi connectivity index (χ0) is 18.1. The van der Waals surface area contributed by atoms with Gasteiger partial charge >= 0.3 is 0 Å². The largest absolute Gasteiger partial charge is 0.468 e. The molecule has 0 aliphatic heterocycles. The summed E-state index contributed by atoms with van der Waals surface area (Å²) >= 11 is 0. The van der Waals surface area contributed by atoms with Crippen molar-refractivity contribution in [1.82, 2.24) is 15.5 Å². The highest BCUT2D eigenvalue weighted by Crippen LogP contribution is 2.20. The van der Waals surface area contributed by atoms with Crippen molar-refractivity contribution in [3.05, 3.63) is 59.8 Å². The summed E-state index contributed by atoms with van der Waals surface area (Å²) in [6, 6.07) is 10.6. The average Bonchev–Trinajstić information content (AvgIpc) is 3.15. The van der Waals surface area contributed by atoms with Crippen LogP contribution in [0.1, 0.15) is 31.2 Å². The number of nitrogens with zero attached hydrogens (tertiary/aromatic N) is 2. The molecule has 2 rings (SSSR count). The zero-order valence-electron chi connectivity index (χ0n) is 15.5. The number of rotatable bonds is 8. The standard InChI is InChI=1S/C19H27FN4O.HI/c1-4-24(5-2)17(18-10-7-11-25-18)14-23-19(21-3)22-13-15-8-6-9-16(20)12-15;/h6-12,17H,4-5,13-14H2,1-3H3,(H2,21,22,23);1H. The third-order valence-electron chi connectivity index (χ3n) is 4.16. The van der Waals surface area contributed by atoms with E-state index in [-0.39, 0.29) is 35.8 Å². The van der Waals surface area contributed by atoms with E-state index in [1.165, 1.54) is 12.1 Å². The van der Waals surface area contributed by atoms with Crippen molar-refractivity contribution in [2.75, 3.05) is 26.7 Å². The second-order valence-electron chi connectivity index (χ2n) is 5.69. The molecule has 1 heterocycles. The van der Waals surface area contributed by atoms with Crippen LogP contribution in [-0.4, -0.2) is 37.5 Å². The monoisotopic (exact) mass is 474 g/mol. The van der Waals surface area contributed by atoms with E-state index in [0.717, 1.165) is 24.4 Å². The minimum absolute atomic E-state index is 0. The van der Waals surface area contributed by atoms with Crippen LogP contribution in [0.15, 0.2) is 52.1 Å². The maximum Gasteiger partial charge on any atom is 0.191 e. The summed E-state index contributed by atoms with van der Waals surface area (Å²) in [6.45, 7) is 7.30. The molecule has 0 fully saturated rings. The highest BCUT2D eigenvalue weighted by atomic mass is 127. The second-order valence-corrected chi connectivity index (χ2v) is 5.69. The minimum Gasteiger partial charge on any atom is -0.468 e. The predicted molar refractivity (Wildman–Crippen MR) is 114 cm³/mol. The van der Waals surface area contributed by atoms with E-state index >= 15 is 0 Å². The van der Waals surface area contributed by atoms with E-state index in [1.54, 1.807) is 19.4 Å². The van der Waals surface area contributed by atoms with Crippen molar-refractivity contribution in [2.45, 2.75) is 26.4 Å². The number of furan rings is 1. The van der Waals surface area contributed by atoms with Gasteiger partial charge in [0.2, 0.25) is 0 Å². The van der Waals surface area contributed by atoms with Crippen molar-refractivity contribution >= 4 is 29.9 Å². The predicted octanol–water partition coefficient (Wildman–Crippen LogP) is 3.78. The number of guanidine groups is 1. The van der Waals surface area contributed by atoms with Gasteiger partial charge < -0.3 is 15.1 Å². The number of nitrogens with one attached hydrogen (secondary N) is 2. The SMILES string of the molecule is CCN(CC)C(CNC(=NC)NCc1cccc(F)c1)c1ccco1.I. The molecule has 1 unspecified atom stereocenters. The Labute approximate surface area is 172 Å². The first kappa shape index (κ1) is 22.4. The molecule has 144 valence electrons. The van der Waals surface area contributed by atoms with Crippen LogP contribution in [-0.2, 0) is 6.54 Å². The van der Waals surface area contributed by atoms with Gasteiger partial charge in [-0.2, -0.15) is 0 Å². The molecule has 1 atom stereocenters. The molecule has 26 heavy (non-hydrogen) atoms. The van der Waals surface area contributed by atoms with Gasteiger partial charge in [-0.15, -0.1) is 24.0 Å². The van der Waals surface area contributed by atoms with Gasteiger partial charge in [-0.25, -0.2) is 4.39 Å². The lowest BCUT2D eigenvalue weighted by molar-refractivity contribution is 0.193. The summed E-state index contributed by atoms with van der Waals surface area (Å²) in [5.41, 5.74) is 0.870. The van der Waals surface area contributed by atoms with Crippen LogP contribution in [0, 0.1) is 5.82 Å². The normalized spacial score (nSPS) is 12.6. The molecule has 0 spiro atoms. The van der Waals surface area contributed by atoms with Gasteiger partial charge in [0.25, 0.3) is 0 Å². The van der Waals surface area contributed by atoms with Crippen LogP contribution in [0.2, 0.25) is 0 Å². The molecule has 1 aromatic carbocycles. The Kier molecular flexibility index (Phi) is 10.3. The van der Waals surface area contributed by atoms with Gasteiger partial charge in [0.1, 0.15) is 11.6 Å². The molecule has 0 aliphatic carbocycles. The Morgan fingerprint density at radius 1 is 1.19 bits per heavy atom. The van der Waals surface area contributed by atoms with Crippen molar-refractivity contribution in [3.63, 3.8) is 0 Å². The number of aliphatic imine (C=N–C) groups is 1. The third-order valence-corrected chi connectivity index (χ3v) is 4.16. The second kappa shape index (κ2) is 11.9. The molecule has 2 N–H and O–H groups in total. The zero-order valence-corrected chi connectivity index (χ0v) is 17.9. The molecule has 1 aromatic heterocycles. The summed E-state index contributed by atoms with van der Waals surface area (Å²) in [7, 11) is 1.72. The fourth-order valence-electron chi connectivity index (χ4n) is 2.80. The number of hydrogen-bond donors (Lipinski definition) is 2. The van der Waals surface area contributed by atoms with Gasteiger partial charge in [0, 0.05) is 20.1 Å². The van der Waals surface area contributed by atoms with Crippen LogP contribution >= 0.6 is 24.0 Å². The molecule has 0 radical (unpaired) electrons. The molecule has 0 amide bonds. The number of hydrogen-bond acceptors (Lipinski definition) is 3. The quantitative estimate of drug-likeness (QED) is 0.348. The van der Waals surface area contributed by atoms with Gasteiger partial charge in [0.15, 0.2) is 5.96 Å². The molecule has 0 saturated carbocycles. The Morgan fingerprint density at radius 2 is 1.96 bits per heavy atom. The van der Waals surface area contributed by atoms with Crippen LogP contribution < -0.4 is 10.6 Å². The minimum atomic E-state index is -0.235. The highest BCUT2D eigenvalue weighted by molar-refractivity contribution is 14.0. The lowest BCUT2D eigenvalue weighted by Crippen LogP contribution is -2.42. The number of halogens is 2. The third kappa shape index (κ3) is 6.60.